The number of imidazole rings is 1. The first-order valence-electron chi connectivity index (χ1n) is 8.39. The zero-order chi connectivity index (χ0) is 17.3. The average Bonchev–Trinajstić information content (AvgIpc) is 2.92. The number of halogens is 1. The lowest BCUT2D eigenvalue weighted by molar-refractivity contribution is 0.0189. The first-order chi connectivity index (χ1) is 11.4. The minimum absolute atomic E-state index is 0.228. The molecule has 0 saturated carbocycles. The Labute approximate surface area is 147 Å². The van der Waals surface area contributed by atoms with E-state index in [1.165, 1.54) is 0 Å². The number of rotatable bonds is 2. The molecule has 1 saturated heterocycles. The third kappa shape index (κ3) is 3.51. The second-order valence-corrected chi connectivity index (χ2v) is 7.49. The molecule has 0 N–H and O–H groups in total. The van der Waals surface area contributed by atoms with Crippen LogP contribution in [0.1, 0.15) is 45.5 Å². The van der Waals surface area contributed by atoms with Gasteiger partial charge in [0, 0.05) is 19.1 Å². The molecule has 5 nitrogen and oxygen atoms in total. The molecule has 2 heterocycles. The van der Waals surface area contributed by atoms with Gasteiger partial charge in [0.25, 0.3) is 0 Å². The molecule has 1 aromatic heterocycles. The van der Waals surface area contributed by atoms with Gasteiger partial charge in [-0.05, 0) is 45.7 Å². The molecule has 3 rings (SSSR count). The summed E-state index contributed by atoms with van der Waals surface area (Å²) in [6.07, 6.45) is 1.53. The topological polar surface area (TPSA) is 47.4 Å². The molecule has 6 heteroatoms. The van der Waals surface area contributed by atoms with E-state index < -0.39 is 5.60 Å². The molecule has 1 aromatic carbocycles. The Hall–Kier alpha value is -1.75. The number of carbonyl (C=O) groups excluding carboxylic acids is 1. The van der Waals surface area contributed by atoms with Gasteiger partial charge in [-0.25, -0.2) is 9.78 Å². The number of alkyl halides is 1. The van der Waals surface area contributed by atoms with Gasteiger partial charge in [-0.3, -0.25) is 0 Å². The van der Waals surface area contributed by atoms with Gasteiger partial charge in [0.15, 0.2) is 0 Å². The SMILES string of the molecule is CC(C)(C)OC(=O)N1CCC(n2c(CCl)nc3ccccc32)CC1. The van der Waals surface area contributed by atoms with Crippen LogP contribution < -0.4 is 0 Å². The molecule has 1 aliphatic heterocycles. The highest BCUT2D eigenvalue weighted by Crippen LogP contribution is 2.30. The molecule has 0 unspecified atom stereocenters. The van der Waals surface area contributed by atoms with Crippen LogP contribution in [0.25, 0.3) is 11.0 Å². The van der Waals surface area contributed by atoms with E-state index in [1.54, 1.807) is 4.90 Å². The summed E-state index contributed by atoms with van der Waals surface area (Å²) in [6, 6.07) is 8.41. The van der Waals surface area contributed by atoms with Gasteiger partial charge in [0.05, 0.1) is 16.9 Å². The molecule has 0 radical (unpaired) electrons. The molecule has 1 amide bonds. The normalized spacial score (nSPS) is 16.6. The van der Waals surface area contributed by atoms with Gasteiger partial charge in [-0.2, -0.15) is 0 Å². The van der Waals surface area contributed by atoms with Crippen LogP contribution >= 0.6 is 11.6 Å². The van der Waals surface area contributed by atoms with E-state index in [0.29, 0.717) is 25.0 Å². The summed E-state index contributed by atoms with van der Waals surface area (Å²) in [7, 11) is 0. The van der Waals surface area contributed by atoms with E-state index in [4.69, 9.17) is 16.3 Å². The second-order valence-electron chi connectivity index (χ2n) is 7.22. The van der Waals surface area contributed by atoms with Crippen molar-refractivity contribution in [2.45, 2.75) is 51.1 Å². The number of aromatic nitrogens is 2. The van der Waals surface area contributed by atoms with Crippen molar-refractivity contribution in [3.63, 3.8) is 0 Å². The molecule has 1 fully saturated rings. The van der Waals surface area contributed by atoms with Crippen molar-refractivity contribution in [1.82, 2.24) is 14.5 Å². The first-order valence-corrected chi connectivity index (χ1v) is 8.92. The number of ether oxygens (including phenoxy) is 1. The fourth-order valence-electron chi connectivity index (χ4n) is 3.23. The number of nitrogens with zero attached hydrogens (tertiary/aromatic N) is 3. The minimum Gasteiger partial charge on any atom is -0.444 e. The van der Waals surface area contributed by atoms with Crippen LogP contribution in [0.3, 0.4) is 0 Å². The maximum absolute atomic E-state index is 12.2. The van der Waals surface area contributed by atoms with Gasteiger partial charge < -0.3 is 14.2 Å². The van der Waals surface area contributed by atoms with Crippen molar-refractivity contribution >= 4 is 28.7 Å². The summed E-state index contributed by atoms with van der Waals surface area (Å²) in [5.41, 5.74) is 1.63. The van der Waals surface area contributed by atoms with Crippen LogP contribution in [0.4, 0.5) is 4.79 Å². The fourth-order valence-corrected chi connectivity index (χ4v) is 3.42. The monoisotopic (exact) mass is 349 g/mol. The molecule has 2 aromatic rings. The van der Waals surface area contributed by atoms with Crippen molar-refractivity contribution in [1.29, 1.82) is 0 Å². The Morgan fingerprint density at radius 1 is 1.29 bits per heavy atom. The summed E-state index contributed by atoms with van der Waals surface area (Å²) < 4.78 is 7.71. The standard InChI is InChI=1S/C18H24ClN3O2/c1-18(2,3)24-17(23)21-10-8-13(9-11-21)22-15-7-5-4-6-14(15)20-16(22)12-19/h4-7,13H,8-12H2,1-3H3. The van der Waals surface area contributed by atoms with Crippen LogP contribution in [0.2, 0.25) is 0 Å². The van der Waals surface area contributed by atoms with E-state index in [0.717, 1.165) is 29.7 Å². The fraction of sp³-hybridized carbons (Fsp3) is 0.556. The molecule has 0 bridgehead atoms. The molecular weight excluding hydrogens is 326 g/mol. The molecule has 0 atom stereocenters. The average molecular weight is 350 g/mol. The molecule has 24 heavy (non-hydrogen) atoms. The summed E-state index contributed by atoms with van der Waals surface area (Å²) >= 11 is 6.11. The van der Waals surface area contributed by atoms with Gasteiger partial charge in [-0.1, -0.05) is 12.1 Å². The Kier molecular flexibility index (Phi) is 4.72. The highest BCUT2D eigenvalue weighted by atomic mass is 35.5. The van der Waals surface area contributed by atoms with E-state index in [2.05, 4.69) is 15.6 Å². The van der Waals surface area contributed by atoms with E-state index >= 15 is 0 Å². The van der Waals surface area contributed by atoms with Crippen LogP contribution in [-0.2, 0) is 10.6 Å². The Morgan fingerprint density at radius 3 is 2.58 bits per heavy atom. The Morgan fingerprint density at radius 2 is 1.96 bits per heavy atom. The van der Waals surface area contributed by atoms with Gasteiger partial charge >= 0.3 is 6.09 Å². The number of benzene rings is 1. The largest absolute Gasteiger partial charge is 0.444 e. The van der Waals surface area contributed by atoms with Crippen LogP contribution in [0, 0.1) is 0 Å². The van der Waals surface area contributed by atoms with Crippen molar-refractivity contribution < 1.29 is 9.53 Å². The maximum Gasteiger partial charge on any atom is 0.410 e. The molecular formula is C18H24ClN3O2. The predicted molar refractivity (Wildman–Crippen MR) is 95.4 cm³/mol. The number of amides is 1. The molecule has 0 spiro atoms. The number of para-hydroxylation sites is 2. The summed E-state index contributed by atoms with van der Waals surface area (Å²) in [4.78, 5) is 18.6. The number of piperidine rings is 1. The highest BCUT2D eigenvalue weighted by molar-refractivity contribution is 6.16. The van der Waals surface area contributed by atoms with Crippen molar-refractivity contribution in [2.24, 2.45) is 0 Å². The maximum atomic E-state index is 12.2. The lowest BCUT2D eigenvalue weighted by Gasteiger charge is -2.34. The smallest absolute Gasteiger partial charge is 0.410 e. The summed E-state index contributed by atoms with van der Waals surface area (Å²) in [6.45, 7) is 7.05. The van der Waals surface area contributed by atoms with E-state index in [1.807, 2.05) is 39.0 Å². The molecule has 0 aliphatic carbocycles. The van der Waals surface area contributed by atoms with Gasteiger partial charge in [-0.15, -0.1) is 11.6 Å². The minimum atomic E-state index is -0.458. The molecule has 130 valence electrons. The Bertz CT molecular complexity index is 727. The summed E-state index contributed by atoms with van der Waals surface area (Å²) in [5, 5.41) is 0. The number of fused-ring (bicyclic) bond motifs is 1. The zero-order valence-electron chi connectivity index (χ0n) is 14.5. The van der Waals surface area contributed by atoms with Crippen molar-refractivity contribution in [2.75, 3.05) is 13.1 Å². The van der Waals surface area contributed by atoms with Gasteiger partial charge in [0.1, 0.15) is 11.4 Å². The molecule has 1 aliphatic rings. The number of hydrogen-bond donors (Lipinski definition) is 0. The van der Waals surface area contributed by atoms with Crippen molar-refractivity contribution in [3.05, 3.63) is 30.1 Å². The zero-order valence-corrected chi connectivity index (χ0v) is 15.2. The van der Waals surface area contributed by atoms with Crippen LogP contribution in [0.5, 0.6) is 0 Å². The first kappa shape index (κ1) is 17.1. The quantitative estimate of drug-likeness (QED) is 0.757. The third-order valence-corrected chi connectivity index (χ3v) is 4.51. The van der Waals surface area contributed by atoms with Crippen molar-refractivity contribution in [3.8, 4) is 0 Å². The summed E-state index contributed by atoms with van der Waals surface area (Å²) in [5.74, 6) is 1.29. The lowest BCUT2D eigenvalue weighted by Crippen LogP contribution is -2.42. The van der Waals surface area contributed by atoms with Crippen LogP contribution in [-0.4, -0.2) is 39.2 Å². The van der Waals surface area contributed by atoms with E-state index in [9.17, 15) is 4.79 Å². The highest BCUT2D eigenvalue weighted by Gasteiger charge is 2.29. The van der Waals surface area contributed by atoms with Crippen LogP contribution in [0.15, 0.2) is 24.3 Å². The van der Waals surface area contributed by atoms with Gasteiger partial charge in [0.2, 0.25) is 0 Å². The number of carbonyl (C=O) groups is 1. The predicted octanol–water partition coefficient (Wildman–Crippen LogP) is 4.35. The third-order valence-electron chi connectivity index (χ3n) is 4.27. The lowest BCUT2D eigenvalue weighted by atomic mass is 10.0. The van der Waals surface area contributed by atoms with E-state index in [-0.39, 0.29) is 6.09 Å². The Balaban J connectivity index is 1.74. The number of hydrogen-bond acceptors (Lipinski definition) is 3. The second kappa shape index (κ2) is 6.63. The number of likely N-dealkylation sites (tertiary alicyclic amines) is 1.